The number of nitrogens with zero attached hydrogens (tertiary/aromatic N) is 10. The van der Waals surface area contributed by atoms with Gasteiger partial charge in [0.15, 0.2) is 0 Å². The summed E-state index contributed by atoms with van der Waals surface area (Å²) in [5.41, 5.74) is 21.8. The molecular weight excluding hydrogens is 2210 g/mol. The molecule has 1 aromatic heterocycles. The first-order chi connectivity index (χ1) is 71.8. The number of amides is 5. The number of fused-ring (bicyclic) bond motifs is 13. The number of rotatable bonds is 22. The molecule has 38 heteroatoms. The van der Waals surface area contributed by atoms with Gasteiger partial charge in [-0.1, -0.05) is 246 Å². The number of para-hydroxylation sites is 2. The van der Waals surface area contributed by atoms with Crippen LogP contribution in [-0.2, 0) is 67.5 Å². The minimum absolute atomic E-state index is 0.275. The number of thiocarbonyl (C=S) groups is 5. The smallest absolute Gasteiger partial charge is 0.323 e. The molecule has 10 aromatic carbocycles. The molecule has 0 radical (unpaired) electrons. The molecule has 11 aromatic rings. The van der Waals surface area contributed by atoms with Crippen molar-refractivity contribution >= 4 is 325 Å². The van der Waals surface area contributed by atoms with E-state index in [1.165, 1.54) is 117 Å². The van der Waals surface area contributed by atoms with Crippen molar-refractivity contribution in [2.24, 2.45) is 0 Å². The first kappa shape index (κ1) is 105. The lowest BCUT2D eigenvalue weighted by atomic mass is 9.96. The normalized spacial score (nSPS) is 21.0. The first-order valence-corrected chi connectivity index (χ1v) is 55.8. The Hall–Kier alpha value is -12.4. The Labute approximate surface area is 922 Å². The van der Waals surface area contributed by atoms with Crippen LogP contribution in [0.2, 0.25) is 0 Å². The summed E-state index contributed by atoms with van der Waals surface area (Å²) in [6.07, 6.45) is 20.6. The zero-order valence-electron chi connectivity index (χ0n) is 79.9. The second kappa shape index (κ2) is 45.4. The van der Waals surface area contributed by atoms with Crippen molar-refractivity contribution in [3.63, 3.8) is 0 Å². The van der Waals surface area contributed by atoms with Crippen molar-refractivity contribution in [2.75, 3.05) is 66.0 Å². The number of aryl methyl sites for hydroxylation is 1. The van der Waals surface area contributed by atoms with Gasteiger partial charge in [-0.3, -0.25) is 72.4 Å². The van der Waals surface area contributed by atoms with Crippen LogP contribution in [0.5, 0.6) is 5.75 Å². The molecule has 5 amide bonds. The topological polar surface area (TPSA) is 315 Å². The van der Waals surface area contributed by atoms with Gasteiger partial charge in [-0.15, -0.1) is 0 Å². The molecule has 6 atom stereocenters. The van der Waals surface area contributed by atoms with Gasteiger partial charge in [-0.2, -0.15) is 0 Å². The molecular formula is C111H94Br2N10O16S10. The van der Waals surface area contributed by atoms with Gasteiger partial charge in [0.25, 0.3) is 29.5 Å². The molecule has 9 aliphatic heterocycles. The lowest BCUT2D eigenvalue weighted by Gasteiger charge is -2.28. The summed E-state index contributed by atoms with van der Waals surface area (Å²) in [6, 6.07) is 76.2. The minimum atomic E-state index is -1.08. The van der Waals surface area contributed by atoms with Crippen LogP contribution in [0.3, 0.4) is 0 Å². The quantitative estimate of drug-likeness (QED) is 0.0311. The van der Waals surface area contributed by atoms with E-state index in [0.29, 0.717) is 64.7 Å². The maximum atomic E-state index is 12.7. The van der Waals surface area contributed by atoms with Crippen LogP contribution in [0.1, 0.15) is 138 Å². The molecule has 5 saturated heterocycles. The molecule has 23 rings (SSSR count). The van der Waals surface area contributed by atoms with Gasteiger partial charge >= 0.3 is 29.8 Å². The predicted octanol–water partition coefficient (Wildman–Crippen LogP) is 23.4. The zero-order chi connectivity index (χ0) is 105. The van der Waals surface area contributed by atoms with E-state index in [-0.39, 0.29) is 46.8 Å². The standard InChI is InChI=1S/C24H22N2O4S2.C24H22N2O3S2.C23H18Br2N2O3S2.2C20H16N2O3S2/c1-30-16-8-6-15(7-9-16)26-19-4-2-3-17(19)18-11-14(5-10-20(18)26)12-21-23(29)25(13-22(27)28)24(31)32-21;27-22(28)14-26-23(29)21(31-24(26)30)12-16-9-10-20-18(11-16)17-7-4-8-19(17)25(20)13-15-5-2-1-3-6-15;24-13-4-6-14(7-5-13)27-18-3-1-2-15(18)16-8-12(9-17(25)21(16)27)10-19-22(30)26(11-20(28)29)23(31)32-19;1-2-21-15-6-4-3-5-13(15)14-9-12(7-8-16(14)21)10-17-19(25)22(11-18(23)24)20(26)27-17;23-18(24)12-22-19(25)17(27-20(22)26)11-13-6-7-16-14(10-13)8-9-21(16)15-4-2-1-3-5-15/h5-12,17,19H,2-4,13H2,1H3,(H,27,28);1-3,5-6,9-12,17,19H,4,7-8,13-14H2,(H,27,28);4-10,15,18H,1-3,11H2,(H,28,29);3-10H,2,11H2,1H3,(H,23,24);1-7,10-11H,8-9,12H2,(H,23,24)/b2*21-12+;19-10+;17-10+;17-11+. The molecule has 10 heterocycles. The number of methoxy groups -OCH3 is 1. The number of hydrogen-bond donors (Lipinski definition) is 5. The average Bonchev–Trinajstić information content (AvgIpc) is 1.56. The summed E-state index contributed by atoms with van der Waals surface area (Å²) in [4.78, 5) is 135. The number of carbonyl (C=O) groups excluding carboxylic acids is 5. The van der Waals surface area contributed by atoms with Crippen LogP contribution >= 0.6 is 152 Å². The number of thioether (sulfide) groups is 5. The maximum absolute atomic E-state index is 12.7. The molecule has 3 aliphatic carbocycles. The molecule has 758 valence electrons. The number of ether oxygens (including phenoxy) is 1. The summed E-state index contributed by atoms with van der Waals surface area (Å²) in [7, 11) is 1.67. The number of carboxylic acid groups (broad SMARTS) is 5. The van der Waals surface area contributed by atoms with E-state index in [2.05, 4.69) is 202 Å². The fraction of sp³-hybridized carbons (Fsp3) is 0.234. The summed E-state index contributed by atoms with van der Waals surface area (Å²) >= 11 is 39.0. The fourth-order valence-electron chi connectivity index (χ4n) is 21.6. The Morgan fingerprint density at radius 1 is 0.389 bits per heavy atom. The molecule has 8 fully saturated rings. The maximum Gasteiger partial charge on any atom is 0.323 e. The fourth-order valence-corrected chi connectivity index (χ4v) is 28.8. The molecule has 12 aliphatic rings. The Morgan fingerprint density at radius 3 is 1.27 bits per heavy atom. The van der Waals surface area contributed by atoms with Crippen LogP contribution in [0.15, 0.2) is 252 Å². The SMILES string of the molecule is CCn1c2ccccc2c2cc(/C=C3/SC(=S)N(CC(=O)O)C3=O)ccc21.COc1ccc(N2c3ccc(/C=C4/SC(=S)N(CC(=O)O)C4=O)cc3C3CCCC32)cc1.O=C(O)CN1C(=O)/C(=C\c2cc(Br)c3c(c2)C2CCCC2N3c2ccc(Br)cc2)SC1=S.O=C(O)CN1C(=O)/C(=C\c2ccc3c(c2)C2CCCC2N3Cc2ccccc2)SC1=S.O=C(O)CN1C(=O)/C(=C\c2ccc3c(c2)CCN3c2ccccc2)SC1=S. The van der Waals surface area contributed by atoms with Crippen molar-refractivity contribution < 1.29 is 78.2 Å². The van der Waals surface area contributed by atoms with Crippen LogP contribution in [0, 0.1) is 0 Å². The number of halogens is 2. The average molecular weight is 2300 g/mol. The highest BCUT2D eigenvalue weighted by molar-refractivity contribution is 9.11. The largest absolute Gasteiger partial charge is 0.497 e. The highest BCUT2D eigenvalue weighted by atomic mass is 79.9. The van der Waals surface area contributed by atoms with Crippen molar-refractivity contribution in [2.45, 2.75) is 120 Å². The van der Waals surface area contributed by atoms with E-state index in [9.17, 15) is 47.9 Å². The third-order valence-corrected chi connectivity index (χ3v) is 35.9. The number of carbonyl (C=O) groups is 10. The van der Waals surface area contributed by atoms with E-state index < -0.39 is 62.6 Å². The Balaban J connectivity index is 0.000000117. The van der Waals surface area contributed by atoms with Gasteiger partial charge in [0.1, 0.15) is 60.1 Å². The Morgan fingerprint density at radius 2 is 0.779 bits per heavy atom. The summed E-state index contributed by atoms with van der Waals surface area (Å²) in [5, 5.41) is 47.3. The molecule has 0 bridgehead atoms. The molecule has 5 N–H and O–H groups in total. The minimum Gasteiger partial charge on any atom is -0.497 e. The highest BCUT2D eigenvalue weighted by Gasteiger charge is 2.48. The van der Waals surface area contributed by atoms with E-state index in [1.807, 2.05) is 97.1 Å². The lowest BCUT2D eigenvalue weighted by molar-refractivity contribution is -0.140. The van der Waals surface area contributed by atoms with Gasteiger partial charge in [0, 0.05) is 120 Å². The molecule has 149 heavy (non-hydrogen) atoms. The van der Waals surface area contributed by atoms with E-state index in [0.717, 1.165) is 182 Å². The highest BCUT2D eigenvalue weighted by Crippen LogP contribution is 2.58. The molecule has 26 nitrogen and oxygen atoms in total. The van der Waals surface area contributed by atoms with Crippen LogP contribution in [0.25, 0.3) is 52.2 Å². The Kier molecular flexibility index (Phi) is 32.0. The lowest BCUT2D eigenvalue weighted by Crippen LogP contribution is -2.33. The molecule has 0 spiro atoms. The summed E-state index contributed by atoms with van der Waals surface area (Å²) < 4.78 is 11.0. The number of anilines is 7. The number of aliphatic carboxylic acids is 5. The third-order valence-electron chi connectivity index (χ3n) is 27.9. The van der Waals surface area contributed by atoms with E-state index in [4.69, 9.17) is 91.4 Å². The summed E-state index contributed by atoms with van der Waals surface area (Å²) in [6.45, 7) is 2.78. The first-order valence-electron chi connectivity index (χ1n) is 48.0. The molecule has 6 unspecified atom stereocenters. The van der Waals surface area contributed by atoms with Crippen LogP contribution < -0.4 is 24.3 Å². The predicted molar refractivity (Wildman–Crippen MR) is 618 cm³/mol. The van der Waals surface area contributed by atoms with Crippen molar-refractivity contribution in [1.82, 2.24) is 29.1 Å². The Bertz CT molecular complexity index is 7600. The van der Waals surface area contributed by atoms with Gasteiger partial charge in [0.05, 0.1) is 37.3 Å². The van der Waals surface area contributed by atoms with Gasteiger partial charge in [0.2, 0.25) is 0 Å². The second-order valence-corrected chi connectivity index (χ2v) is 47.0. The third kappa shape index (κ3) is 22.3. The number of hydrogen-bond acceptors (Lipinski definition) is 25. The van der Waals surface area contributed by atoms with Crippen molar-refractivity contribution in [3.8, 4) is 5.75 Å². The van der Waals surface area contributed by atoms with Crippen molar-refractivity contribution in [3.05, 3.63) is 307 Å². The van der Waals surface area contributed by atoms with Gasteiger partial charge < -0.3 is 54.4 Å². The number of carboxylic acids is 5. The number of aromatic nitrogens is 1. The molecule has 3 saturated carbocycles. The van der Waals surface area contributed by atoms with Crippen molar-refractivity contribution in [1.29, 1.82) is 0 Å². The van der Waals surface area contributed by atoms with Gasteiger partial charge in [-0.05, 0) is 281 Å². The van der Waals surface area contributed by atoms with E-state index in [1.54, 1.807) is 19.3 Å². The monoisotopic (exact) mass is 2300 g/mol. The van der Waals surface area contributed by atoms with Crippen LogP contribution in [0.4, 0.5) is 39.8 Å². The second-order valence-electron chi connectivity index (χ2n) is 36.9. The summed E-state index contributed by atoms with van der Waals surface area (Å²) in [5.74, 6) is -4.86. The van der Waals surface area contributed by atoms with Gasteiger partial charge in [-0.25, -0.2) is 0 Å². The number of benzene rings is 10. The zero-order valence-corrected chi connectivity index (χ0v) is 91.2. The van der Waals surface area contributed by atoms with E-state index >= 15 is 0 Å². The van der Waals surface area contributed by atoms with Crippen LogP contribution in [-0.4, -0.2) is 200 Å².